The van der Waals surface area contributed by atoms with Gasteiger partial charge in [0, 0.05) is 5.56 Å². The van der Waals surface area contributed by atoms with Gasteiger partial charge < -0.3 is 4.74 Å². The third-order valence-electron chi connectivity index (χ3n) is 2.87. The number of benzene rings is 1. The van der Waals surface area contributed by atoms with E-state index >= 15 is 0 Å². The zero-order valence-electron chi connectivity index (χ0n) is 11.2. The first kappa shape index (κ1) is 15.7. The van der Waals surface area contributed by atoms with Crippen LogP contribution in [0.4, 0.5) is 0 Å². The molecule has 0 saturated heterocycles. The molecule has 0 aliphatic carbocycles. The lowest BCUT2D eigenvalue weighted by atomic mass is 10.0. The molecule has 0 N–H and O–H groups in total. The maximum absolute atomic E-state index is 12.1. The van der Waals surface area contributed by atoms with Crippen LogP contribution in [0.5, 0.6) is 5.75 Å². The number of halogens is 2. The van der Waals surface area contributed by atoms with Crippen molar-refractivity contribution in [2.75, 3.05) is 6.61 Å². The number of ketones is 1. The molecular weight excluding hydrogens is 404 g/mol. The van der Waals surface area contributed by atoms with Crippen LogP contribution in [0.25, 0.3) is 0 Å². The van der Waals surface area contributed by atoms with Crippen LogP contribution >= 0.6 is 43.2 Å². The highest BCUT2D eigenvalue weighted by atomic mass is 79.9. The van der Waals surface area contributed by atoms with E-state index in [4.69, 9.17) is 4.74 Å². The summed E-state index contributed by atoms with van der Waals surface area (Å²) in [5, 5.41) is 0. The number of ether oxygens (including phenoxy) is 1. The van der Waals surface area contributed by atoms with Crippen LogP contribution in [0.1, 0.15) is 35.7 Å². The molecule has 0 aliphatic rings. The van der Waals surface area contributed by atoms with Gasteiger partial charge in [0.05, 0.1) is 7.57 Å². The summed E-state index contributed by atoms with van der Waals surface area (Å²) in [7, 11) is 0. The van der Waals surface area contributed by atoms with Crippen molar-refractivity contribution in [2.45, 2.75) is 19.8 Å². The first-order chi connectivity index (χ1) is 9.47. The van der Waals surface area contributed by atoms with Crippen molar-refractivity contribution in [3.63, 3.8) is 0 Å². The molecule has 0 saturated carbocycles. The summed E-state index contributed by atoms with van der Waals surface area (Å²) < 4.78 is 7.29. The van der Waals surface area contributed by atoms with Crippen LogP contribution in [0.3, 0.4) is 0 Å². The summed E-state index contributed by atoms with van der Waals surface area (Å²) in [5.41, 5.74) is 1.91. The molecule has 0 amide bonds. The van der Waals surface area contributed by atoms with Gasteiger partial charge in [0.25, 0.3) is 0 Å². The molecule has 1 heterocycles. The summed E-state index contributed by atoms with van der Waals surface area (Å²) in [6.45, 7) is 4.33. The van der Waals surface area contributed by atoms with Gasteiger partial charge in [0.1, 0.15) is 5.75 Å². The number of carbonyl (C=O) groups excluding carboxylic acids is 1. The van der Waals surface area contributed by atoms with Crippen LogP contribution in [-0.4, -0.2) is 12.4 Å². The van der Waals surface area contributed by atoms with Gasteiger partial charge in [-0.05, 0) is 61.5 Å². The Balaban J connectivity index is 1.98. The second kappa shape index (κ2) is 6.87. The van der Waals surface area contributed by atoms with Gasteiger partial charge in [-0.25, -0.2) is 0 Å². The summed E-state index contributed by atoms with van der Waals surface area (Å²) in [5.74, 6) is 1.17. The Hall–Kier alpha value is -0.650. The Morgan fingerprint density at radius 3 is 2.40 bits per heavy atom. The van der Waals surface area contributed by atoms with Gasteiger partial charge in [-0.3, -0.25) is 4.79 Å². The molecule has 0 radical (unpaired) electrons. The molecule has 106 valence electrons. The quantitative estimate of drug-likeness (QED) is 0.586. The third kappa shape index (κ3) is 3.93. The Kier molecular flexibility index (Phi) is 5.41. The highest BCUT2D eigenvalue weighted by Gasteiger charge is 2.14. The monoisotopic (exact) mass is 416 g/mol. The molecule has 0 aliphatic heterocycles. The van der Waals surface area contributed by atoms with E-state index in [2.05, 4.69) is 45.7 Å². The number of Topliss-reactive ketones (excluding diaryl/α,β-unsaturated/α-hetero) is 1. The molecule has 0 atom stereocenters. The zero-order chi connectivity index (χ0) is 14.7. The minimum absolute atomic E-state index is 0.0354. The highest BCUT2D eigenvalue weighted by Crippen LogP contribution is 2.32. The second-order valence-electron chi connectivity index (χ2n) is 4.67. The predicted molar refractivity (Wildman–Crippen MR) is 90.1 cm³/mol. The molecular formula is C15H14Br2O2S. The lowest BCUT2D eigenvalue weighted by Gasteiger charge is -2.08. The van der Waals surface area contributed by atoms with Crippen molar-refractivity contribution in [1.82, 2.24) is 0 Å². The minimum atomic E-state index is -0.0354. The van der Waals surface area contributed by atoms with Crippen LogP contribution < -0.4 is 4.74 Å². The SMILES string of the molecule is CC(C)c1ccc(OCC(=O)c2cc(Br)sc2Br)cc1. The molecule has 2 rings (SSSR count). The molecule has 0 unspecified atom stereocenters. The predicted octanol–water partition coefficient (Wildman–Crippen LogP) is 5.66. The number of hydrogen-bond donors (Lipinski definition) is 0. The average Bonchev–Trinajstić information content (AvgIpc) is 2.75. The number of carbonyl (C=O) groups is 1. The molecule has 0 spiro atoms. The average molecular weight is 418 g/mol. The van der Waals surface area contributed by atoms with Gasteiger partial charge in [0.2, 0.25) is 5.78 Å². The van der Waals surface area contributed by atoms with Crippen molar-refractivity contribution in [2.24, 2.45) is 0 Å². The van der Waals surface area contributed by atoms with E-state index in [1.54, 1.807) is 0 Å². The van der Waals surface area contributed by atoms with Gasteiger partial charge in [-0.15, -0.1) is 11.3 Å². The summed E-state index contributed by atoms with van der Waals surface area (Å²) in [6.07, 6.45) is 0. The normalized spacial score (nSPS) is 10.8. The zero-order valence-corrected chi connectivity index (χ0v) is 15.1. The molecule has 1 aromatic heterocycles. The van der Waals surface area contributed by atoms with Crippen molar-refractivity contribution < 1.29 is 9.53 Å². The number of hydrogen-bond acceptors (Lipinski definition) is 3. The van der Waals surface area contributed by atoms with Crippen molar-refractivity contribution in [3.8, 4) is 5.75 Å². The molecule has 0 fully saturated rings. The molecule has 5 heteroatoms. The van der Waals surface area contributed by atoms with E-state index in [1.165, 1.54) is 16.9 Å². The fraction of sp³-hybridized carbons (Fsp3) is 0.267. The Morgan fingerprint density at radius 2 is 1.90 bits per heavy atom. The van der Waals surface area contributed by atoms with Gasteiger partial charge in [-0.1, -0.05) is 26.0 Å². The van der Waals surface area contributed by atoms with E-state index in [0.717, 1.165) is 7.57 Å². The van der Waals surface area contributed by atoms with E-state index in [9.17, 15) is 4.79 Å². The largest absolute Gasteiger partial charge is 0.485 e. The maximum atomic E-state index is 12.1. The summed E-state index contributed by atoms with van der Waals surface area (Å²) >= 11 is 8.23. The van der Waals surface area contributed by atoms with Crippen molar-refractivity contribution >= 4 is 49.0 Å². The molecule has 2 aromatic rings. The molecule has 20 heavy (non-hydrogen) atoms. The van der Waals surface area contributed by atoms with Crippen LogP contribution in [0.2, 0.25) is 0 Å². The highest BCUT2D eigenvalue weighted by molar-refractivity contribution is 9.12. The number of rotatable bonds is 5. The molecule has 0 bridgehead atoms. The van der Waals surface area contributed by atoms with E-state index in [-0.39, 0.29) is 12.4 Å². The first-order valence-corrected chi connectivity index (χ1v) is 8.58. The van der Waals surface area contributed by atoms with Gasteiger partial charge in [-0.2, -0.15) is 0 Å². The van der Waals surface area contributed by atoms with Crippen molar-refractivity contribution in [1.29, 1.82) is 0 Å². The Morgan fingerprint density at radius 1 is 1.25 bits per heavy atom. The van der Waals surface area contributed by atoms with Crippen LogP contribution in [-0.2, 0) is 0 Å². The van der Waals surface area contributed by atoms with Gasteiger partial charge >= 0.3 is 0 Å². The van der Waals surface area contributed by atoms with Gasteiger partial charge in [0.15, 0.2) is 6.61 Å². The minimum Gasteiger partial charge on any atom is -0.485 e. The standard InChI is InChI=1S/C15H14Br2O2S/c1-9(2)10-3-5-11(6-4-10)19-8-13(18)12-7-14(16)20-15(12)17/h3-7,9H,8H2,1-2H3. The first-order valence-electron chi connectivity index (χ1n) is 6.18. The second-order valence-corrected chi connectivity index (χ2v) is 8.42. The Labute approximate surface area is 139 Å². The molecule has 1 aromatic carbocycles. The van der Waals surface area contributed by atoms with Crippen LogP contribution in [0.15, 0.2) is 37.9 Å². The summed E-state index contributed by atoms with van der Waals surface area (Å²) in [4.78, 5) is 12.1. The maximum Gasteiger partial charge on any atom is 0.202 e. The third-order valence-corrected chi connectivity index (χ3v) is 5.21. The Bertz CT molecular complexity index is 603. The van der Waals surface area contributed by atoms with E-state index < -0.39 is 0 Å². The van der Waals surface area contributed by atoms with E-state index in [1.807, 2.05) is 30.3 Å². The number of thiophene rings is 1. The molecule has 2 nitrogen and oxygen atoms in total. The lowest BCUT2D eigenvalue weighted by molar-refractivity contribution is 0.0921. The van der Waals surface area contributed by atoms with Crippen LogP contribution in [0, 0.1) is 0 Å². The van der Waals surface area contributed by atoms with Crippen molar-refractivity contribution in [3.05, 3.63) is 49.0 Å². The fourth-order valence-electron chi connectivity index (χ4n) is 1.71. The smallest absolute Gasteiger partial charge is 0.202 e. The topological polar surface area (TPSA) is 26.3 Å². The summed E-state index contributed by atoms with van der Waals surface area (Å²) in [6, 6.07) is 9.67. The van der Waals surface area contributed by atoms with E-state index in [0.29, 0.717) is 17.2 Å². The lowest BCUT2D eigenvalue weighted by Crippen LogP contribution is -2.11. The fourth-order valence-corrected chi connectivity index (χ4v) is 4.56.